The molecule has 34 heavy (non-hydrogen) atoms. The molecule has 2 heterocycles. The molecule has 9 heteroatoms. The molecule has 2 aromatic rings. The van der Waals surface area contributed by atoms with Crippen molar-refractivity contribution < 1.29 is 13.2 Å². The highest BCUT2D eigenvalue weighted by Crippen LogP contribution is 2.26. The molecule has 184 valence electrons. The number of carbonyl (C=O) groups excluding carboxylic acids is 1. The highest BCUT2D eigenvalue weighted by Gasteiger charge is 2.34. The number of urea groups is 1. The number of nitrogens with zero attached hydrogens (tertiary/aromatic N) is 3. The standard InChI is InChI=1S/C25H35N5O3S/c1-4-24(30-16-13-22(14-17-30)29(5-2)6-3)34(32,33)23-11-9-21(10-12-23)28-25(31)27-19-20-8-7-15-26-18-20/h4,7-12,15,18,22,24H,1,5-6,13-14,16-17,19H2,2-3H3,(H2,27,28,31). The van der Waals surface area contributed by atoms with E-state index in [1.54, 1.807) is 30.6 Å². The van der Waals surface area contributed by atoms with E-state index in [9.17, 15) is 13.2 Å². The second-order valence-corrected chi connectivity index (χ2v) is 10.4. The maximum Gasteiger partial charge on any atom is 0.319 e. The Balaban J connectivity index is 1.59. The van der Waals surface area contributed by atoms with Crippen LogP contribution in [0.2, 0.25) is 0 Å². The molecule has 0 bridgehead atoms. The van der Waals surface area contributed by atoms with Crippen molar-refractivity contribution in [2.45, 2.75) is 49.5 Å². The quantitative estimate of drug-likeness (QED) is 0.500. The van der Waals surface area contributed by atoms with Crippen LogP contribution in [0.1, 0.15) is 32.3 Å². The number of sulfone groups is 1. The number of pyridine rings is 1. The molecule has 1 fully saturated rings. The highest BCUT2D eigenvalue weighted by atomic mass is 32.2. The van der Waals surface area contributed by atoms with Crippen molar-refractivity contribution in [3.8, 4) is 0 Å². The van der Waals surface area contributed by atoms with Crippen LogP contribution in [-0.2, 0) is 16.4 Å². The molecule has 2 amide bonds. The average Bonchev–Trinajstić information content (AvgIpc) is 2.86. The van der Waals surface area contributed by atoms with Crippen LogP contribution in [0.5, 0.6) is 0 Å². The summed E-state index contributed by atoms with van der Waals surface area (Å²) >= 11 is 0. The van der Waals surface area contributed by atoms with Gasteiger partial charge in [0.25, 0.3) is 0 Å². The van der Waals surface area contributed by atoms with Gasteiger partial charge in [0.1, 0.15) is 5.37 Å². The second-order valence-electron chi connectivity index (χ2n) is 8.35. The first-order valence-corrected chi connectivity index (χ1v) is 13.3. The summed E-state index contributed by atoms with van der Waals surface area (Å²) in [4.78, 5) is 20.8. The number of carbonyl (C=O) groups is 1. The third kappa shape index (κ3) is 6.43. The Morgan fingerprint density at radius 3 is 2.44 bits per heavy atom. The minimum Gasteiger partial charge on any atom is -0.334 e. The molecule has 1 saturated heterocycles. The lowest BCUT2D eigenvalue weighted by molar-refractivity contribution is 0.116. The molecule has 3 rings (SSSR count). The predicted octanol–water partition coefficient (Wildman–Crippen LogP) is 3.50. The van der Waals surface area contributed by atoms with Gasteiger partial charge in [0.2, 0.25) is 0 Å². The van der Waals surface area contributed by atoms with E-state index in [2.05, 4.69) is 40.9 Å². The Hall–Kier alpha value is -2.75. The van der Waals surface area contributed by atoms with Gasteiger partial charge in [0, 0.05) is 43.8 Å². The topological polar surface area (TPSA) is 94.6 Å². The minimum absolute atomic E-state index is 0.213. The maximum absolute atomic E-state index is 13.4. The molecule has 0 spiro atoms. The number of nitrogens with one attached hydrogen (secondary N) is 2. The summed E-state index contributed by atoms with van der Waals surface area (Å²) in [7, 11) is -3.63. The zero-order chi connectivity index (χ0) is 24.6. The zero-order valence-electron chi connectivity index (χ0n) is 20.0. The Kier molecular flexibility index (Phi) is 9.20. The summed E-state index contributed by atoms with van der Waals surface area (Å²) in [5.74, 6) is 0. The number of anilines is 1. The van der Waals surface area contributed by atoms with Crippen molar-refractivity contribution in [3.05, 3.63) is 67.0 Å². The van der Waals surface area contributed by atoms with Gasteiger partial charge >= 0.3 is 6.03 Å². The van der Waals surface area contributed by atoms with Crippen LogP contribution < -0.4 is 10.6 Å². The Morgan fingerprint density at radius 1 is 1.21 bits per heavy atom. The summed E-state index contributed by atoms with van der Waals surface area (Å²) < 4.78 is 26.7. The van der Waals surface area contributed by atoms with Gasteiger partial charge in [0.15, 0.2) is 9.84 Å². The Labute approximate surface area is 203 Å². The summed E-state index contributed by atoms with van der Waals surface area (Å²) in [6.45, 7) is 11.9. The van der Waals surface area contributed by atoms with Gasteiger partial charge in [0.05, 0.1) is 4.90 Å². The predicted molar refractivity (Wildman–Crippen MR) is 135 cm³/mol. The lowest BCUT2D eigenvalue weighted by Crippen LogP contribution is -2.49. The summed E-state index contributed by atoms with van der Waals surface area (Å²) in [5, 5.41) is 4.70. The fraction of sp³-hybridized carbons (Fsp3) is 0.440. The molecule has 0 radical (unpaired) electrons. The molecule has 1 atom stereocenters. The van der Waals surface area contributed by atoms with Crippen molar-refractivity contribution in [3.63, 3.8) is 0 Å². The van der Waals surface area contributed by atoms with Crippen molar-refractivity contribution in [1.29, 1.82) is 0 Å². The smallest absolute Gasteiger partial charge is 0.319 e. The van der Waals surface area contributed by atoms with Gasteiger partial charge in [-0.15, -0.1) is 6.58 Å². The number of benzene rings is 1. The van der Waals surface area contributed by atoms with E-state index in [0.29, 0.717) is 31.4 Å². The largest absolute Gasteiger partial charge is 0.334 e. The van der Waals surface area contributed by atoms with E-state index >= 15 is 0 Å². The van der Waals surface area contributed by atoms with Gasteiger partial charge in [-0.2, -0.15) is 0 Å². The zero-order valence-corrected chi connectivity index (χ0v) is 20.8. The molecular weight excluding hydrogens is 450 g/mol. The molecule has 0 aliphatic carbocycles. The average molecular weight is 486 g/mol. The van der Waals surface area contributed by atoms with E-state index in [0.717, 1.165) is 31.5 Å². The fourth-order valence-corrected chi connectivity index (χ4v) is 6.10. The summed E-state index contributed by atoms with van der Waals surface area (Å²) in [6, 6.07) is 10.1. The molecular formula is C25H35N5O3S. The number of hydrogen-bond donors (Lipinski definition) is 2. The van der Waals surface area contributed by atoms with Gasteiger partial charge in [-0.1, -0.05) is 26.0 Å². The molecule has 1 aromatic heterocycles. The monoisotopic (exact) mass is 485 g/mol. The molecule has 1 aromatic carbocycles. The van der Waals surface area contributed by atoms with Crippen LogP contribution in [-0.4, -0.2) is 66.8 Å². The van der Waals surface area contributed by atoms with Crippen molar-refractivity contribution in [2.24, 2.45) is 0 Å². The van der Waals surface area contributed by atoms with E-state index in [1.165, 1.54) is 18.2 Å². The van der Waals surface area contributed by atoms with E-state index in [4.69, 9.17) is 0 Å². The van der Waals surface area contributed by atoms with Gasteiger partial charge in [-0.25, -0.2) is 13.2 Å². The molecule has 2 N–H and O–H groups in total. The van der Waals surface area contributed by atoms with Crippen molar-refractivity contribution in [1.82, 2.24) is 20.1 Å². The van der Waals surface area contributed by atoms with E-state index < -0.39 is 15.2 Å². The first-order chi connectivity index (χ1) is 16.4. The van der Waals surface area contributed by atoms with Crippen LogP contribution in [0.15, 0.2) is 66.3 Å². The van der Waals surface area contributed by atoms with E-state index in [1.807, 2.05) is 11.0 Å². The molecule has 8 nitrogen and oxygen atoms in total. The fourth-order valence-electron chi connectivity index (χ4n) is 4.45. The summed E-state index contributed by atoms with van der Waals surface area (Å²) in [5.41, 5.74) is 1.40. The lowest BCUT2D eigenvalue weighted by atomic mass is 10.0. The number of hydrogen-bond acceptors (Lipinski definition) is 6. The highest BCUT2D eigenvalue weighted by molar-refractivity contribution is 7.92. The van der Waals surface area contributed by atoms with Gasteiger partial charge in [-0.05, 0) is 61.8 Å². The van der Waals surface area contributed by atoms with Crippen LogP contribution in [0.3, 0.4) is 0 Å². The van der Waals surface area contributed by atoms with Crippen LogP contribution >= 0.6 is 0 Å². The van der Waals surface area contributed by atoms with Crippen LogP contribution in [0, 0.1) is 0 Å². The minimum atomic E-state index is -3.63. The number of aromatic nitrogens is 1. The van der Waals surface area contributed by atoms with E-state index in [-0.39, 0.29) is 10.9 Å². The Morgan fingerprint density at radius 2 is 1.88 bits per heavy atom. The lowest BCUT2D eigenvalue weighted by Gasteiger charge is -2.39. The third-order valence-corrected chi connectivity index (χ3v) is 8.38. The second kappa shape index (κ2) is 12.1. The maximum atomic E-state index is 13.4. The number of piperidine rings is 1. The van der Waals surface area contributed by atoms with Crippen molar-refractivity contribution in [2.75, 3.05) is 31.5 Å². The number of amides is 2. The molecule has 0 saturated carbocycles. The number of rotatable bonds is 10. The van der Waals surface area contributed by atoms with Crippen LogP contribution in [0.4, 0.5) is 10.5 Å². The molecule has 1 unspecified atom stereocenters. The molecule has 1 aliphatic rings. The first kappa shape index (κ1) is 25.9. The van der Waals surface area contributed by atoms with Gasteiger partial charge < -0.3 is 15.5 Å². The Bertz CT molecular complexity index is 1030. The third-order valence-electron chi connectivity index (χ3n) is 6.32. The first-order valence-electron chi connectivity index (χ1n) is 11.8. The normalized spacial score (nSPS) is 16.2. The SMILES string of the molecule is C=CC(N1CCC(N(CC)CC)CC1)S(=O)(=O)c1ccc(NC(=O)NCc2cccnc2)cc1. The summed E-state index contributed by atoms with van der Waals surface area (Å²) in [6.07, 6.45) is 6.76. The van der Waals surface area contributed by atoms with Crippen LogP contribution in [0.25, 0.3) is 0 Å². The number of likely N-dealkylation sites (tertiary alicyclic amines) is 1. The van der Waals surface area contributed by atoms with Gasteiger partial charge in [-0.3, -0.25) is 9.88 Å². The molecule has 1 aliphatic heterocycles. The van der Waals surface area contributed by atoms with Crippen molar-refractivity contribution >= 4 is 21.6 Å².